The molecule has 2 aromatic heterocycles. The number of pyridine rings is 1. The van der Waals surface area contributed by atoms with Crippen LogP contribution >= 0.6 is 11.6 Å². The zero-order chi connectivity index (χ0) is 18.5. The molecule has 0 atom stereocenters. The van der Waals surface area contributed by atoms with Crippen molar-refractivity contribution in [3.05, 3.63) is 29.6 Å². The van der Waals surface area contributed by atoms with Crippen LogP contribution in [-0.4, -0.2) is 39.1 Å². The van der Waals surface area contributed by atoms with E-state index in [9.17, 15) is 4.79 Å². The van der Waals surface area contributed by atoms with E-state index in [1.165, 1.54) is 6.08 Å². The minimum Gasteiger partial charge on any atom is -0.487 e. The number of ether oxygens (including phenoxy) is 2. The van der Waals surface area contributed by atoms with Gasteiger partial charge in [0, 0.05) is 6.20 Å². The SMILES string of the molecule is N#CC(=Cc1c(OCCCl)nc2c(OC3CCCC3)cccn12)C(=O)O. The molecule has 2 aromatic rings. The Morgan fingerprint density at radius 1 is 1.50 bits per heavy atom. The fourth-order valence-corrected chi connectivity index (χ4v) is 3.05. The highest BCUT2D eigenvalue weighted by molar-refractivity contribution is 6.18. The molecule has 0 saturated heterocycles. The summed E-state index contributed by atoms with van der Waals surface area (Å²) in [6.45, 7) is 0.208. The topological polar surface area (TPSA) is 96.9 Å². The van der Waals surface area contributed by atoms with E-state index in [0.717, 1.165) is 25.7 Å². The van der Waals surface area contributed by atoms with Crippen molar-refractivity contribution in [1.82, 2.24) is 9.38 Å². The Bertz CT molecular complexity index is 878. The van der Waals surface area contributed by atoms with Gasteiger partial charge in [0.25, 0.3) is 0 Å². The third kappa shape index (κ3) is 3.75. The van der Waals surface area contributed by atoms with Gasteiger partial charge in [-0.05, 0) is 43.9 Å². The van der Waals surface area contributed by atoms with Crippen LogP contribution in [0.1, 0.15) is 31.4 Å². The van der Waals surface area contributed by atoms with Gasteiger partial charge in [0.15, 0.2) is 11.4 Å². The van der Waals surface area contributed by atoms with Crippen LogP contribution < -0.4 is 9.47 Å². The first kappa shape index (κ1) is 18.1. The molecule has 0 amide bonds. The van der Waals surface area contributed by atoms with Gasteiger partial charge in [-0.2, -0.15) is 10.2 Å². The molecule has 136 valence electrons. The van der Waals surface area contributed by atoms with Gasteiger partial charge in [-0.25, -0.2) is 4.79 Å². The Kier molecular flexibility index (Phi) is 5.64. The molecule has 1 saturated carbocycles. The van der Waals surface area contributed by atoms with E-state index in [1.807, 2.05) is 6.07 Å². The van der Waals surface area contributed by atoms with Gasteiger partial charge in [0.05, 0.1) is 12.0 Å². The first-order valence-corrected chi connectivity index (χ1v) is 8.89. The summed E-state index contributed by atoms with van der Waals surface area (Å²) >= 11 is 5.68. The normalized spacial score (nSPS) is 15.2. The zero-order valence-electron chi connectivity index (χ0n) is 14.0. The molecule has 0 bridgehead atoms. The minimum absolute atomic E-state index is 0.151. The Morgan fingerprint density at radius 3 is 2.92 bits per heavy atom. The number of alkyl halides is 1. The Morgan fingerprint density at radius 2 is 2.27 bits per heavy atom. The molecule has 0 spiro atoms. The van der Waals surface area contributed by atoms with Crippen LogP contribution in [0.5, 0.6) is 11.6 Å². The molecule has 7 nitrogen and oxygen atoms in total. The summed E-state index contributed by atoms with van der Waals surface area (Å²) < 4.78 is 13.3. The number of halogens is 1. The number of aliphatic carboxylic acids is 1. The van der Waals surface area contributed by atoms with Crippen molar-refractivity contribution >= 4 is 29.3 Å². The van der Waals surface area contributed by atoms with Gasteiger partial charge >= 0.3 is 5.97 Å². The number of carbonyl (C=O) groups is 1. The summed E-state index contributed by atoms with van der Waals surface area (Å²) in [5, 5.41) is 18.2. The van der Waals surface area contributed by atoms with Crippen molar-refractivity contribution in [2.75, 3.05) is 12.5 Å². The van der Waals surface area contributed by atoms with Crippen LogP contribution in [0.3, 0.4) is 0 Å². The van der Waals surface area contributed by atoms with E-state index in [1.54, 1.807) is 22.7 Å². The molecule has 8 heteroatoms. The smallest absolute Gasteiger partial charge is 0.346 e. The molecule has 1 fully saturated rings. The highest BCUT2D eigenvalue weighted by Gasteiger charge is 2.21. The average Bonchev–Trinajstić information content (AvgIpc) is 3.26. The highest BCUT2D eigenvalue weighted by atomic mass is 35.5. The fourth-order valence-electron chi connectivity index (χ4n) is 2.97. The molecule has 0 aliphatic heterocycles. The Labute approximate surface area is 155 Å². The van der Waals surface area contributed by atoms with Gasteiger partial charge in [0.1, 0.15) is 23.9 Å². The highest BCUT2D eigenvalue weighted by Crippen LogP contribution is 2.31. The number of nitriles is 1. The molecule has 2 heterocycles. The Balaban J connectivity index is 2.08. The van der Waals surface area contributed by atoms with Crippen LogP contribution in [0.2, 0.25) is 0 Å². The number of rotatable bonds is 7. The van der Waals surface area contributed by atoms with E-state index in [4.69, 9.17) is 31.4 Å². The molecule has 1 aliphatic rings. The second-order valence-electron chi connectivity index (χ2n) is 5.90. The lowest BCUT2D eigenvalue weighted by Gasteiger charge is -2.13. The van der Waals surface area contributed by atoms with Crippen molar-refractivity contribution in [2.24, 2.45) is 0 Å². The number of imidazole rings is 1. The quantitative estimate of drug-likeness (QED) is 0.453. The van der Waals surface area contributed by atoms with Crippen LogP contribution in [0.25, 0.3) is 11.7 Å². The number of aromatic nitrogens is 2. The van der Waals surface area contributed by atoms with E-state index in [-0.39, 0.29) is 24.5 Å². The summed E-state index contributed by atoms with van der Waals surface area (Å²) in [4.78, 5) is 15.7. The number of carboxylic acids is 1. The maximum Gasteiger partial charge on any atom is 0.346 e. The molecule has 26 heavy (non-hydrogen) atoms. The number of nitrogens with zero attached hydrogens (tertiary/aromatic N) is 3. The maximum atomic E-state index is 11.2. The van der Waals surface area contributed by atoms with Gasteiger partial charge in [-0.15, -0.1) is 11.6 Å². The zero-order valence-corrected chi connectivity index (χ0v) is 14.8. The Hall–Kier alpha value is -2.72. The van der Waals surface area contributed by atoms with E-state index in [0.29, 0.717) is 17.1 Å². The summed E-state index contributed by atoms with van der Waals surface area (Å²) in [5.74, 6) is -0.248. The maximum absolute atomic E-state index is 11.2. The largest absolute Gasteiger partial charge is 0.487 e. The first-order chi connectivity index (χ1) is 12.6. The second-order valence-corrected chi connectivity index (χ2v) is 6.28. The molecule has 0 radical (unpaired) electrons. The summed E-state index contributed by atoms with van der Waals surface area (Å²) in [6.07, 6.45) is 7.40. The van der Waals surface area contributed by atoms with Crippen molar-refractivity contribution in [3.8, 4) is 17.7 Å². The molecule has 0 unspecified atom stereocenters. The summed E-state index contributed by atoms with van der Waals surface area (Å²) in [6, 6.07) is 5.28. The molecule has 3 rings (SSSR count). The van der Waals surface area contributed by atoms with Gasteiger partial charge in [-0.3, -0.25) is 4.40 Å². The van der Waals surface area contributed by atoms with Crippen molar-refractivity contribution in [2.45, 2.75) is 31.8 Å². The molecular formula is C18H18ClN3O4. The van der Waals surface area contributed by atoms with E-state index in [2.05, 4.69) is 4.98 Å². The van der Waals surface area contributed by atoms with Crippen LogP contribution in [0, 0.1) is 11.3 Å². The van der Waals surface area contributed by atoms with E-state index < -0.39 is 11.5 Å². The first-order valence-electron chi connectivity index (χ1n) is 8.35. The van der Waals surface area contributed by atoms with Crippen LogP contribution in [-0.2, 0) is 4.79 Å². The third-order valence-electron chi connectivity index (χ3n) is 4.16. The number of hydrogen-bond donors (Lipinski definition) is 1. The molecule has 1 N–H and O–H groups in total. The lowest BCUT2D eigenvalue weighted by Crippen LogP contribution is -2.11. The molecule has 0 aromatic carbocycles. The van der Waals surface area contributed by atoms with Crippen LogP contribution in [0.15, 0.2) is 23.9 Å². The lowest BCUT2D eigenvalue weighted by atomic mass is 10.2. The summed E-state index contributed by atoms with van der Waals surface area (Å²) in [7, 11) is 0. The van der Waals surface area contributed by atoms with Crippen molar-refractivity contribution in [3.63, 3.8) is 0 Å². The average molecular weight is 376 g/mol. The standard InChI is InChI=1S/C18H18ClN3O4/c19-7-9-25-17-14(10-12(11-20)18(23)24)22-8-3-6-15(16(22)21-17)26-13-4-1-2-5-13/h3,6,8,10,13H,1-2,4-5,7,9H2,(H,23,24). The monoisotopic (exact) mass is 375 g/mol. The van der Waals surface area contributed by atoms with Gasteiger partial charge in [0.2, 0.25) is 5.88 Å². The number of carboxylic acid groups (broad SMARTS) is 1. The van der Waals surface area contributed by atoms with Crippen LogP contribution in [0.4, 0.5) is 0 Å². The number of hydrogen-bond acceptors (Lipinski definition) is 5. The van der Waals surface area contributed by atoms with Crippen molar-refractivity contribution in [1.29, 1.82) is 5.26 Å². The van der Waals surface area contributed by atoms with E-state index >= 15 is 0 Å². The molecular weight excluding hydrogens is 358 g/mol. The predicted octanol–water partition coefficient (Wildman–Crippen LogP) is 3.26. The van der Waals surface area contributed by atoms with Gasteiger partial charge < -0.3 is 14.6 Å². The second kappa shape index (κ2) is 8.11. The summed E-state index contributed by atoms with van der Waals surface area (Å²) in [5.41, 5.74) is 0.462. The number of fused-ring (bicyclic) bond motifs is 1. The predicted molar refractivity (Wildman–Crippen MR) is 95.5 cm³/mol. The minimum atomic E-state index is -1.32. The lowest BCUT2D eigenvalue weighted by molar-refractivity contribution is -0.132. The van der Waals surface area contributed by atoms with Gasteiger partial charge in [-0.1, -0.05) is 0 Å². The third-order valence-corrected chi connectivity index (χ3v) is 4.32. The fraction of sp³-hybridized carbons (Fsp3) is 0.389. The van der Waals surface area contributed by atoms with Crippen molar-refractivity contribution < 1.29 is 19.4 Å². The molecule has 1 aliphatic carbocycles.